The molecule has 0 unspecified atom stereocenters. The standard InChI is InChI=1S/C17H17BrFNO/c1-12-10-14(7-8-16(12)19)17(21)20-15-6-2-4-13(11-15)5-3-9-18/h2,4,6-8,10-11H,3,5,9H2,1H3,(H,20,21). The molecule has 2 nitrogen and oxygen atoms in total. The zero-order chi connectivity index (χ0) is 15.2. The molecule has 2 aromatic rings. The third-order valence-corrected chi connectivity index (χ3v) is 3.76. The molecule has 21 heavy (non-hydrogen) atoms. The molecule has 1 amide bonds. The summed E-state index contributed by atoms with van der Waals surface area (Å²) >= 11 is 3.41. The molecule has 2 rings (SSSR count). The molecule has 0 radical (unpaired) electrons. The van der Waals surface area contributed by atoms with E-state index in [1.54, 1.807) is 13.0 Å². The van der Waals surface area contributed by atoms with Crippen molar-refractivity contribution in [2.24, 2.45) is 0 Å². The summed E-state index contributed by atoms with van der Waals surface area (Å²) in [6, 6.07) is 12.2. The van der Waals surface area contributed by atoms with Gasteiger partial charge in [0.15, 0.2) is 0 Å². The minimum absolute atomic E-state index is 0.226. The van der Waals surface area contributed by atoms with Crippen LogP contribution >= 0.6 is 15.9 Å². The monoisotopic (exact) mass is 349 g/mol. The Hall–Kier alpha value is -1.68. The number of anilines is 1. The lowest BCUT2D eigenvalue weighted by Gasteiger charge is -2.08. The van der Waals surface area contributed by atoms with Gasteiger partial charge in [-0.1, -0.05) is 28.1 Å². The maximum atomic E-state index is 13.2. The van der Waals surface area contributed by atoms with Gasteiger partial charge in [-0.3, -0.25) is 4.79 Å². The molecule has 0 bridgehead atoms. The van der Waals surface area contributed by atoms with Crippen molar-refractivity contribution in [3.8, 4) is 0 Å². The maximum absolute atomic E-state index is 13.2. The Labute approximate surface area is 132 Å². The Balaban J connectivity index is 2.10. The van der Waals surface area contributed by atoms with Crippen molar-refractivity contribution in [2.75, 3.05) is 10.6 Å². The Morgan fingerprint density at radius 3 is 2.76 bits per heavy atom. The highest BCUT2D eigenvalue weighted by atomic mass is 79.9. The van der Waals surface area contributed by atoms with Crippen LogP contribution in [0.3, 0.4) is 0 Å². The first-order valence-corrected chi connectivity index (χ1v) is 7.94. The quantitative estimate of drug-likeness (QED) is 0.777. The van der Waals surface area contributed by atoms with E-state index in [0.29, 0.717) is 11.1 Å². The highest BCUT2D eigenvalue weighted by Crippen LogP contribution is 2.15. The molecule has 0 heterocycles. The van der Waals surface area contributed by atoms with Crippen molar-refractivity contribution >= 4 is 27.5 Å². The number of amides is 1. The molecule has 1 N–H and O–H groups in total. The molecule has 0 fully saturated rings. The van der Waals surface area contributed by atoms with Gasteiger partial charge < -0.3 is 5.32 Å². The molecule has 0 aliphatic carbocycles. The Bertz CT molecular complexity index is 642. The Morgan fingerprint density at radius 2 is 2.05 bits per heavy atom. The third kappa shape index (κ3) is 4.39. The minimum atomic E-state index is -0.302. The van der Waals surface area contributed by atoms with Crippen molar-refractivity contribution in [2.45, 2.75) is 19.8 Å². The summed E-state index contributed by atoms with van der Waals surface area (Å²) in [5.74, 6) is -0.529. The van der Waals surface area contributed by atoms with Gasteiger partial charge in [-0.15, -0.1) is 0 Å². The zero-order valence-corrected chi connectivity index (χ0v) is 13.4. The van der Waals surface area contributed by atoms with Crippen LogP contribution < -0.4 is 5.32 Å². The fraction of sp³-hybridized carbons (Fsp3) is 0.235. The number of carbonyl (C=O) groups is 1. The minimum Gasteiger partial charge on any atom is -0.322 e. The number of benzene rings is 2. The van der Waals surface area contributed by atoms with Gasteiger partial charge in [0, 0.05) is 16.6 Å². The average Bonchev–Trinajstić information content (AvgIpc) is 2.48. The van der Waals surface area contributed by atoms with E-state index in [9.17, 15) is 9.18 Å². The van der Waals surface area contributed by atoms with Crippen molar-refractivity contribution in [3.05, 3.63) is 65.0 Å². The zero-order valence-electron chi connectivity index (χ0n) is 11.8. The Morgan fingerprint density at radius 1 is 1.24 bits per heavy atom. The van der Waals surface area contributed by atoms with E-state index in [2.05, 4.69) is 21.2 Å². The molecule has 0 atom stereocenters. The molecular formula is C17H17BrFNO. The van der Waals surface area contributed by atoms with Gasteiger partial charge in [0.1, 0.15) is 5.82 Å². The summed E-state index contributed by atoms with van der Waals surface area (Å²) in [5.41, 5.74) is 2.87. The average molecular weight is 350 g/mol. The van der Waals surface area contributed by atoms with E-state index in [-0.39, 0.29) is 11.7 Å². The molecule has 0 aliphatic rings. The molecule has 110 valence electrons. The topological polar surface area (TPSA) is 29.1 Å². The molecule has 0 aliphatic heterocycles. The van der Waals surface area contributed by atoms with E-state index in [1.165, 1.54) is 17.7 Å². The van der Waals surface area contributed by atoms with E-state index >= 15 is 0 Å². The fourth-order valence-corrected chi connectivity index (χ4v) is 2.35. The van der Waals surface area contributed by atoms with Crippen molar-refractivity contribution < 1.29 is 9.18 Å². The SMILES string of the molecule is Cc1cc(C(=O)Nc2cccc(CCCBr)c2)ccc1F. The number of carbonyl (C=O) groups excluding carboxylic acids is 1. The van der Waals surface area contributed by atoms with Crippen LogP contribution in [0.15, 0.2) is 42.5 Å². The summed E-state index contributed by atoms with van der Waals surface area (Å²) in [6.45, 7) is 1.65. The van der Waals surface area contributed by atoms with E-state index < -0.39 is 0 Å². The number of aryl methyl sites for hydroxylation is 2. The number of nitrogens with one attached hydrogen (secondary N) is 1. The Kier molecular flexibility index (Phi) is 5.51. The van der Waals surface area contributed by atoms with Crippen LogP contribution in [0.5, 0.6) is 0 Å². The smallest absolute Gasteiger partial charge is 0.255 e. The van der Waals surface area contributed by atoms with Gasteiger partial charge in [-0.05, 0) is 61.2 Å². The first kappa shape index (κ1) is 15.7. The van der Waals surface area contributed by atoms with Crippen molar-refractivity contribution in [1.29, 1.82) is 0 Å². The first-order chi connectivity index (χ1) is 10.1. The highest BCUT2D eigenvalue weighted by Gasteiger charge is 2.08. The summed E-state index contributed by atoms with van der Waals surface area (Å²) in [7, 11) is 0. The maximum Gasteiger partial charge on any atom is 0.255 e. The van der Waals surface area contributed by atoms with Crippen LogP contribution in [-0.2, 0) is 6.42 Å². The lowest BCUT2D eigenvalue weighted by atomic mass is 10.1. The number of alkyl halides is 1. The second kappa shape index (κ2) is 7.36. The second-order valence-corrected chi connectivity index (χ2v) is 5.70. The normalized spacial score (nSPS) is 10.4. The number of rotatable bonds is 5. The third-order valence-electron chi connectivity index (χ3n) is 3.20. The van der Waals surface area contributed by atoms with Gasteiger partial charge in [-0.2, -0.15) is 0 Å². The largest absolute Gasteiger partial charge is 0.322 e. The van der Waals surface area contributed by atoms with Gasteiger partial charge in [0.25, 0.3) is 5.91 Å². The van der Waals surface area contributed by atoms with Crippen LogP contribution in [0.2, 0.25) is 0 Å². The van der Waals surface area contributed by atoms with Crippen LogP contribution in [0.25, 0.3) is 0 Å². The molecule has 0 spiro atoms. The summed E-state index contributed by atoms with van der Waals surface area (Å²) in [6.07, 6.45) is 2.01. The fourth-order valence-electron chi connectivity index (χ4n) is 2.06. The van der Waals surface area contributed by atoms with Crippen LogP contribution in [0, 0.1) is 12.7 Å². The molecule has 0 saturated heterocycles. The van der Waals surface area contributed by atoms with Crippen LogP contribution in [0.1, 0.15) is 27.9 Å². The summed E-state index contributed by atoms with van der Waals surface area (Å²) in [4.78, 5) is 12.2. The van der Waals surface area contributed by atoms with Crippen molar-refractivity contribution in [1.82, 2.24) is 0 Å². The summed E-state index contributed by atoms with van der Waals surface area (Å²) < 4.78 is 13.2. The van der Waals surface area contributed by atoms with Gasteiger partial charge in [0.05, 0.1) is 0 Å². The molecule has 2 aromatic carbocycles. The first-order valence-electron chi connectivity index (χ1n) is 6.82. The second-order valence-electron chi connectivity index (χ2n) is 4.91. The van der Waals surface area contributed by atoms with Gasteiger partial charge in [-0.25, -0.2) is 4.39 Å². The highest BCUT2D eigenvalue weighted by molar-refractivity contribution is 9.09. The lowest BCUT2D eigenvalue weighted by molar-refractivity contribution is 0.102. The number of hydrogen-bond acceptors (Lipinski definition) is 1. The van der Waals surface area contributed by atoms with Crippen LogP contribution in [-0.4, -0.2) is 11.2 Å². The lowest BCUT2D eigenvalue weighted by Crippen LogP contribution is -2.12. The number of halogens is 2. The van der Waals surface area contributed by atoms with E-state index in [4.69, 9.17) is 0 Å². The molecular weight excluding hydrogens is 333 g/mol. The van der Waals surface area contributed by atoms with E-state index in [0.717, 1.165) is 23.9 Å². The van der Waals surface area contributed by atoms with Crippen LogP contribution in [0.4, 0.5) is 10.1 Å². The van der Waals surface area contributed by atoms with Crippen molar-refractivity contribution in [3.63, 3.8) is 0 Å². The molecule has 0 aromatic heterocycles. The predicted octanol–water partition coefficient (Wildman–Crippen LogP) is 4.71. The molecule has 4 heteroatoms. The molecule has 0 saturated carbocycles. The van der Waals surface area contributed by atoms with Gasteiger partial charge >= 0.3 is 0 Å². The predicted molar refractivity (Wildman–Crippen MR) is 87.6 cm³/mol. The van der Waals surface area contributed by atoms with E-state index in [1.807, 2.05) is 24.3 Å². The summed E-state index contributed by atoms with van der Waals surface area (Å²) in [5, 5.41) is 3.81. The number of hydrogen-bond donors (Lipinski definition) is 1. The van der Waals surface area contributed by atoms with Gasteiger partial charge in [0.2, 0.25) is 0 Å².